The molecule has 0 saturated carbocycles. The lowest BCUT2D eigenvalue weighted by molar-refractivity contribution is 0.156. The molecular formula is C16H19NOS. The van der Waals surface area contributed by atoms with Crippen molar-refractivity contribution in [1.82, 2.24) is 4.57 Å². The number of hydrogen-bond acceptors (Lipinski definition) is 2. The van der Waals surface area contributed by atoms with Gasteiger partial charge in [0.05, 0.1) is 6.10 Å². The van der Waals surface area contributed by atoms with Crippen molar-refractivity contribution in [2.75, 3.05) is 6.26 Å². The minimum Gasteiger partial charge on any atom is -0.388 e. The summed E-state index contributed by atoms with van der Waals surface area (Å²) in [6.45, 7) is 2.12. The molecule has 1 unspecified atom stereocenters. The molecule has 0 spiro atoms. The van der Waals surface area contributed by atoms with Gasteiger partial charge in [0.1, 0.15) is 0 Å². The largest absolute Gasteiger partial charge is 0.388 e. The molecule has 1 N–H and O–H groups in total. The van der Waals surface area contributed by atoms with Crippen molar-refractivity contribution in [3.63, 3.8) is 0 Å². The van der Waals surface area contributed by atoms with E-state index in [1.807, 2.05) is 0 Å². The van der Waals surface area contributed by atoms with E-state index in [1.165, 1.54) is 22.0 Å². The maximum atomic E-state index is 10.1. The highest BCUT2D eigenvalue weighted by Crippen LogP contribution is 2.34. The molecule has 1 aromatic heterocycles. The Labute approximate surface area is 118 Å². The third-order valence-corrected chi connectivity index (χ3v) is 4.61. The second-order valence-corrected chi connectivity index (χ2v) is 6.01. The van der Waals surface area contributed by atoms with Crippen LogP contribution in [-0.2, 0) is 6.42 Å². The molecule has 0 bridgehead atoms. The highest BCUT2D eigenvalue weighted by Gasteiger charge is 2.23. The molecule has 100 valence electrons. The van der Waals surface area contributed by atoms with Crippen molar-refractivity contribution in [2.24, 2.45) is 0 Å². The molecule has 3 heteroatoms. The van der Waals surface area contributed by atoms with E-state index in [0.29, 0.717) is 0 Å². The first kappa shape index (κ1) is 12.8. The van der Waals surface area contributed by atoms with E-state index < -0.39 is 0 Å². The molecule has 3 rings (SSSR count). The summed E-state index contributed by atoms with van der Waals surface area (Å²) in [7, 11) is 0. The molecule has 1 atom stereocenters. The minimum atomic E-state index is -0.285. The normalized spacial score (nSPS) is 18.4. The second-order valence-electron chi connectivity index (χ2n) is 5.13. The average molecular weight is 273 g/mol. The van der Waals surface area contributed by atoms with Crippen LogP contribution in [0.5, 0.6) is 0 Å². The molecule has 1 aliphatic rings. The molecule has 1 aromatic carbocycles. The Bertz CT molecular complexity index is 603. The van der Waals surface area contributed by atoms with Crippen LogP contribution in [0.4, 0.5) is 0 Å². The van der Waals surface area contributed by atoms with Crippen LogP contribution in [0.3, 0.4) is 0 Å². The van der Waals surface area contributed by atoms with Crippen molar-refractivity contribution in [3.8, 4) is 5.69 Å². The highest BCUT2D eigenvalue weighted by atomic mass is 32.2. The molecule has 19 heavy (non-hydrogen) atoms. The number of thioether (sulfide) groups is 1. The molecule has 0 fully saturated rings. The average Bonchev–Trinajstić information content (AvgIpc) is 2.77. The van der Waals surface area contributed by atoms with E-state index in [4.69, 9.17) is 0 Å². The number of aliphatic hydroxyl groups excluding tert-OH is 1. The molecule has 1 aliphatic carbocycles. The number of hydrogen-bond donors (Lipinski definition) is 1. The molecule has 1 heterocycles. The lowest BCUT2D eigenvalue weighted by Crippen LogP contribution is -2.11. The van der Waals surface area contributed by atoms with Crippen LogP contribution >= 0.6 is 11.8 Å². The van der Waals surface area contributed by atoms with E-state index in [9.17, 15) is 5.11 Å². The molecule has 2 nitrogen and oxygen atoms in total. The maximum absolute atomic E-state index is 10.1. The minimum absolute atomic E-state index is 0.285. The van der Waals surface area contributed by atoms with Crippen molar-refractivity contribution >= 4 is 11.8 Å². The Morgan fingerprint density at radius 1 is 1.32 bits per heavy atom. The number of aliphatic hydroxyl groups is 1. The monoisotopic (exact) mass is 273 g/mol. The van der Waals surface area contributed by atoms with Gasteiger partial charge in [0, 0.05) is 27.5 Å². The summed E-state index contributed by atoms with van der Waals surface area (Å²) in [4.78, 5) is 1.27. The van der Waals surface area contributed by atoms with Crippen LogP contribution in [0.25, 0.3) is 5.69 Å². The second kappa shape index (κ2) is 5.06. The number of aryl methyl sites for hydroxylation is 1. The zero-order valence-corrected chi connectivity index (χ0v) is 12.2. The molecule has 2 aromatic rings. The zero-order chi connectivity index (χ0) is 13.4. The molecular weight excluding hydrogens is 254 g/mol. The summed E-state index contributed by atoms with van der Waals surface area (Å²) in [6, 6.07) is 10.7. The Morgan fingerprint density at radius 2 is 2.16 bits per heavy atom. The van der Waals surface area contributed by atoms with Gasteiger partial charge < -0.3 is 9.67 Å². The Morgan fingerprint density at radius 3 is 2.95 bits per heavy atom. The predicted molar refractivity (Wildman–Crippen MR) is 80.2 cm³/mol. The van der Waals surface area contributed by atoms with E-state index >= 15 is 0 Å². The van der Waals surface area contributed by atoms with E-state index in [0.717, 1.165) is 24.8 Å². The van der Waals surface area contributed by atoms with Crippen molar-refractivity contribution < 1.29 is 5.11 Å². The fraction of sp³-hybridized carbons (Fsp3) is 0.375. The van der Waals surface area contributed by atoms with Gasteiger partial charge in [-0.25, -0.2) is 0 Å². The first-order valence-electron chi connectivity index (χ1n) is 6.74. The lowest BCUT2D eigenvalue weighted by atomic mass is 9.95. The number of fused-ring (bicyclic) bond motifs is 1. The number of aromatic nitrogens is 1. The van der Waals surface area contributed by atoms with Gasteiger partial charge in [0.25, 0.3) is 0 Å². The van der Waals surface area contributed by atoms with Gasteiger partial charge in [0.2, 0.25) is 0 Å². The summed E-state index contributed by atoms with van der Waals surface area (Å²) in [6.07, 6.45) is 4.83. The SMILES string of the molecule is CSc1cccc(-n2c(C)cc3c2CCCC3O)c1. The molecule has 0 saturated heterocycles. The highest BCUT2D eigenvalue weighted by molar-refractivity contribution is 7.98. The van der Waals surface area contributed by atoms with Crippen LogP contribution in [-0.4, -0.2) is 15.9 Å². The Kier molecular flexibility index (Phi) is 3.42. The third-order valence-electron chi connectivity index (χ3n) is 3.88. The maximum Gasteiger partial charge on any atom is 0.0807 e. The molecule has 0 amide bonds. The fourth-order valence-corrected chi connectivity index (χ4v) is 3.44. The lowest BCUT2D eigenvalue weighted by Gasteiger charge is -2.20. The van der Waals surface area contributed by atoms with Crippen LogP contribution in [0.1, 0.15) is 35.9 Å². The summed E-state index contributed by atoms with van der Waals surface area (Å²) < 4.78 is 2.30. The first-order chi connectivity index (χ1) is 9.20. The van der Waals surface area contributed by atoms with Gasteiger partial charge in [0.15, 0.2) is 0 Å². The van der Waals surface area contributed by atoms with E-state index in [-0.39, 0.29) is 6.10 Å². The van der Waals surface area contributed by atoms with Gasteiger partial charge >= 0.3 is 0 Å². The van der Waals surface area contributed by atoms with Gasteiger partial charge in [-0.05, 0) is 56.7 Å². The zero-order valence-electron chi connectivity index (χ0n) is 11.4. The Balaban J connectivity index is 2.14. The van der Waals surface area contributed by atoms with E-state index in [2.05, 4.69) is 48.1 Å². The van der Waals surface area contributed by atoms with Crippen molar-refractivity contribution in [1.29, 1.82) is 0 Å². The van der Waals surface area contributed by atoms with Crippen LogP contribution in [0.15, 0.2) is 35.2 Å². The van der Waals surface area contributed by atoms with Gasteiger partial charge in [-0.15, -0.1) is 11.8 Å². The summed E-state index contributed by atoms with van der Waals surface area (Å²) >= 11 is 1.76. The third kappa shape index (κ3) is 2.21. The summed E-state index contributed by atoms with van der Waals surface area (Å²) in [5, 5.41) is 10.1. The molecule has 0 aliphatic heterocycles. The van der Waals surface area contributed by atoms with Crippen LogP contribution in [0, 0.1) is 6.92 Å². The van der Waals surface area contributed by atoms with Crippen LogP contribution in [0.2, 0.25) is 0 Å². The molecule has 0 radical (unpaired) electrons. The predicted octanol–water partition coefficient (Wildman–Crippen LogP) is 3.88. The van der Waals surface area contributed by atoms with Crippen molar-refractivity contribution in [3.05, 3.63) is 47.3 Å². The standard InChI is InChI=1S/C16H19NOS/c1-11-9-14-15(7-4-8-16(14)18)17(11)12-5-3-6-13(10-12)19-2/h3,5-6,9-10,16,18H,4,7-8H2,1-2H3. The van der Waals surface area contributed by atoms with Crippen LogP contribution < -0.4 is 0 Å². The summed E-state index contributed by atoms with van der Waals surface area (Å²) in [5.41, 5.74) is 4.83. The van der Waals surface area contributed by atoms with E-state index in [1.54, 1.807) is 11.8 Å². The smallest absolute Gasteiger partial charge is 0.0807 e. The summed E-state index contributed by atoms with van der Waals surface area (Å²) in [5.74, 6) is 0. The fourth-order valence-electron chi connectivity index (χ4n) is 2.99. The van der Waals surface area contributed by atoms with Gasteiger partial charge in [-0.3, -0.25) is 0 Å². The number of rotatable bonds is 2. The Hall–Kier alpha value is -1.19. The number of nitrogens with zero attached hydrogens (tertiary/aromatic N) is 1. The van der Waals surface area contributed by atoms with Gasteiger partial charge in [-0.2, -0.15) is 0 Å². The quantitative estimate of drug-likeness (QED) is 0.840. The topological polar surface area (TPSA) is 25.2 Å². The first-order valence-corrected chi connectivity index (χ1v) is 7.97. The van der Waals surface area contributed by atoms with Gasteiger partial charge in [-0.1, -0.05) is 6.07 Å². The number of benzene rings is 1. The van der Waals surface area contributed by atoms with Crippen molar-refractivity contribution in [2.45, 2.75) is 37.2 Å².